The van der Waals surface area contributed by atoms with Crippen molar-refractivity contribution in [1.82, 2.24) is 14.8 Å². The maximum atomic E-state index is 4.60. The molecule has 3 aromatic rings. The summed E-state index contributed by atoms with van der Waals surface area (Å²) in [6.07, 6.45) is 3.11. The van der Waals surface area contributed by atoms with Gasteiger partial charge in [0.1, 0.15) is 0 Å². The van der Waals surface area contributed by atoms with Gasteiger partial charge in [-0.15, -0.1) is 0 Å². The summed E-state index contributed by atoms with van der Waals surface area (Å²) in [4.78, 5) is 7.07. The second-order valence-corrected chi connectivity index (χ2v) is 6.23. The van der Waals surface area contributed by atoms with E-state index in [0.29, 0.717) is 6.04 Å². The van der Waals surface area contributed by atoms with Gasteiger partial charge < -0.3 is 4.90 Å². The lowest BCUT2D eigenvalue weighted by molar-refractivity contribution is 0.671. The molecular formula is C18H20N4. The van der Waals surface area contributed by atoms with E-state index in [2.05, 4.69) is 52.2 Å². The molecule has 0 amide bonds. The smallest absolute Gasteiger partial charge is 0.157 e. The van der Waals surface area contributed by atoms with Gasteiger partial charge in [0.15, 0.2) is 5.65 Å². The molecule has 0 spiro atoms. The molecule has 4 heteroatoms. The van der Waals surface area contributed by atoms with Crippen LogP contribution in [0.15, 0.2) is 36.5 Å². The van der Waals surface area contributed by atoms with Crippen molar-refractivity contribution in [2.45, 2.75) is 32.9 Å². The third-order valence-electron chi connectivity index (χ3n) is 4.62. The fourth-order valence-corrected chi connectivity index (χ4v) is 3.50. The number of pyridine rings is 1. The van der Waals surface area contributed by atoms with Gasteiger partial charge in [-0.25, -0.2) is 4.98 Å². The van der Waals surface area contributed by atoms with Crippen LogP contribution in [0.25, 0.3) is 11.0 Å². The Morgan fingerprint density at radius 2 is 2.09 bits per heavy atom. The summed E-state index contributed by atoms with van der Waals surface area (Å²) in [6, 6.07) is 11.5. The molecule has 1 aliphatic heterocycles. The second kappa shape index (κ2) is 4.83. The fourth-order valence-electron chi connectivity index (χ4n) is 3.50. The zero-order valence-electron chi connectivity index (χ0n) is 13.2. The zero-order chi connectivity index (χ0) is 15.3. The lowest BCUT2D eigenvalue weighted by Gasteiger charge is -2.24. The average Bonchev–Trinajstić information content (AvgIpc) is 2.97. The molecule has 2 aromatic heterocycles. The minimum Gasteiger partial charge on any atom is -0.364 e. The summed E-state index contributed by atoms with van der Waals surface area (Å²) < 4.78 is 1.85. The van der Waals surface area contributed by atoms with Crippen LogP contribution < -0.4 is 4.90 Å². The topological polar surface area (TPSA) is 34.0 Å². The third kappa shape index (κ3) is 1.98. The molecule has 112 valence electrons. The number of benzene rings is 1. The SMILES string of the molecule is Cc1nn(C)c2ncc(CN3c4ccccc4C[C@H]3C)cc12. The van der Waals surface area contributed by atoms with Crippen LogP contribution in [-0.4, -0.2) is 20.8 Å². The highest BCUT2D eigenvalue weighted by Crippen LogP contribution is 2.33. The summed E-state index contributed by atoms with van der Waals surface area (Å²) in [5.41, 5.74) is 6.05. The lowest BCUT2D eigenvalue weighted by Crippen LogP contribution is -2.28. The lowest BCUT2D eigenvalue weighted by atomic mass is 10.1. The van der Waals surface area contributed by atoms with Crippen molar-refractivity contribution in [3.8, 4) is 0 Å². The van der Waals surface area contributed by atoms with E-state index in [9.17, 15) is 0 Å². The van der Waals surface area contributed by atoms with Gasteiger partial charge in [0, 0.05) is 36.9 Å². The largest absolute Gasteiger partial charge is 0.364 e. The van der Waals surface area contributed by atoms with Gasteiger partial charge in [-0.3, -0.25) is 4.68 Å². The molecule has 0 unspecified atom stereocenters. The molecule has 4 rings (SSSR count). The van der Waals surface area contributed by atoms with E-state index in [1.165, 1.54) is 16.8 Å². The van der Waals surface area contributed by atoms with Crippen LogP contribution >= 0.6 is 0 Å². The van der Waals surface area contributed by atoms with Crippen LogP contribution in [0.4, 0.5) is 5.69 Å². The monoisotopic (exact) mass is 292 g/mol. The average molecular weight is 292 g/mol. The quantitative estimate of drug-likeness (QED) is 0.727. The van der Waals surface area contributed by atoms with Gasteiger partial charge >= 0.3 is 0 Å². The van der Waals surface area contributed by atoms with E-state index in [1.807, 2.05) is 24.9 Å². The van der Waals surface area contributed by atoms with E-state index < -0.39 is 0 Å². The van der Waals surface area contributed by atoms with Crippen molar-refractivity contribution in [2.24, 2.45) is 7.05 Å². The molecule has 0 saturated heterocycles. The van der Waals surface area contributed by atoms with Crippen molar-refractivity contribution >= 4 is 16.7 Å². The molecule has 0 radical (unpaired) electrons. The summed E-state index contributed by atoms with van der Waals surface area (Å²) in [7, 11) is 1.95. The minimum atomic E-state index is 0.531. The first-order valence-electron chi connectivity index (χ1n) is 7.76. The van der Waals surface area contributed by atoms with Crippen LogP contribution in [0, 0.1) is 6.92 Å². The number of aryl methyl sites for hydroxylation is 2. The van der Waals surface area contributed by atoms with Gasteiger partial charge in [0.2, 0.25) is 0 Å². The molecule has 0 bridgehead atoms. The van der Waals surface area contributed by atoms with Crippen molar-refractivity contribution in [3.05, 3.63) is 53.3 Å². The Morgan fingerprint density at radius 1 is 1.27 bits per heavy atom. The highest BCUT2D eigenvalue weighted by Gasteiger charge is 2.25. The van der Waals surface area contributed by atoms with Gasteiger partial charge in [-0.1, -0.05) is 18.2 Å². The molecule has 0 N–H and O–H groups in total. The molecule has 0 aliphatic carbocycles. The van der Waals surface area contributed by atoms with Crippen LogP contribution in [0.1, 0.15) is 23.7 Å². The van der Waals surface area contributed by atoms with Crippen LogP contribution in [0.2, 0.25) is 0 Å². The first-order chi connectivity index (χ1) is 10.6. The summed E-state index contributed by atoms with van der Waals surface area (Å²) in [5.74, 6) is 0. The number of rotatable bonds is 2. The van der Waals surface area contributed by atoms with Gasteiger partial charge in [0.05, 0.1) is 5.69 Å². The number of fused-ring (bicyclic) bond motifs is 2. The zero-order valence-corrected chi connectivity index (χ0v) is 13.2. The molecule has 0 saturated carbocycles. The summed E-state index contributed by atoms with van der Waals surface area (Å²) in [6.45, 7) is 5.23. The standard InChI is InChI=1S/C18H20N4/c1-12-8-15-6-4-5-7-17(15)22(12)11-14-9-16-13(2)20-21(3)18(16)19-10-14/h4-7,9-10,12H,8,11H2,1-3H3/t12-/m1/s1. The molecule has 1 atom stereocenters. The molecule has 1 aromatic carbocycles. The molecular weight excluding hydrogens is 272 g/mol. The van der Waals surface area contributed by atoms with Crippen molar-refractivity contribution in [2.75, 3.05) is 4.90 Å². The molecule has 1 aliphatic rings. The van der Waals surface area contributed by atoms with Gasteiger partial charge in [0.25, 0.3) is 0 Å². The highest BCUT2D eigenvalue weighted by molar-refractivity contribution is 5.78. The van der Waals surface area contributed by atoms with Crippen molar-refractivity contribution < 1.29 is 0 Å². The summed E-state index contributed by atoms with van der Waals surface area (Å²) >= 11 is 0. The molecule has 0 fully saturated rings. The molecule has 4 nitrogen and oxygen atoms in total. The Balaban J connectivity index is 1.70. The van der Waals surface area contributed by atoms with E-state index in [1.54, 1.807) is 0 Å². The normalized spacial score (nSPS) is 17.2. The van der Waals surface area contributed by atoms with Crippen LogP contribution in [0.5, 0.6) is 0 Å². The Morgan fingerprint density at radius 3 is 2.95 bits per heavy atom. The Labute approximate surface area is 130 Å². The van der Waals surface area contributed by atoms with Crippen molar-refractivity contribution in [3.63, 3.8) is 0 Å². The Bertz CT molecular complexity index is 849. The molecule has 3 heterocycles. The number of para-hydroxylation sites is 1. The van der Waals surface area contributed by atoms with E-state index >= 15 is 0 Å². The first-order valence-corrected chi connectivity index (χ1v) is 7.76. The molecule has 22 heavy (non-hydrogen) atoms. The highest BCUT2D eigenvalue weighted by atomic mass is 15.3. The van der Waals surface area contributed by atoms with Crippen molar-refractivity contribution in [1.29, 1.82) is 0 Å². The van der Waals surface area contributed by atoms with Crippen LogP contribution in [0.3, 0.4) is 0 Å². The number of hydrogen-bond acceptors (Lipinski definition) is 3. The summed E-state index contributed by atoms with van der Waals surface area (Å²) in [5, 5.41) is 5.61. The second-order valence-electron chi connectivity index (χ2n) is 6.23. The number of nitrogens with zero attached hydrogens (tertiary/aromatic N) is 4. The Hall–Kier alpha value is -2.36. The van der Waals surface area contributed by atoms with Gasteiger partial charge in [-0.05, 0) is 43.5 Å². The number of hydrogen-bond donors (Lipinski definition) is 0. The maximum absolute atomic E-state index is 4.60. The van der Waals surface area contributed by atoms with Gasteiger partial charge in [-0.2, -0.15) is 5.10 Å². The fraction of sp³-hybridized carbons (Fsp3) is 0.333. The Kier molecular flexibility index (Phi) is 2.93. The predicted molar refractivity (Wildman–Crippen MR) is 89.0 cm³/mol. The van der Waals surface area contributed by atoms with E-state index in [-0.39, 0.29) is 0 Å². The van der Waals surface area contributed by atoms with E-state index in [4.69, 9.17) is 0 Å². The first kappa shape index (κ1) is 13.3. The third-order valence-corrected chi connectivity index (χ3v) is 4.62. The van der Waals surface area contributed by atoms with E-state index in [0.717, 1.165) is 29.7 Å². The number of anilines is 1. The van der Waals surface area contributed by atoms with Crippen LogP contribution in [-0.2, 0) is 20.0 Å². The number of aromatic nitrogens is 3. The minimum absolute atomic E-state index is 0.531. The maximum Gasteiger partial charge on any atom is 0.157 e. The predicted octanol–water partition coefficient (Wildman–Crippen LogP) is 3.23.